The summed E-state index contributed by atoms with van der Waals surface area (Å²) in [6.07, 6.45) is 2.57. The van der Waals surface area contributed by atoms with Crippen molar-refractivity contribution in [3.05, 3.63) is 64.1 Å². The first-order valence-corrected chi connectivity index (χ1v) is 9.29. The van der Waals surface area contributed by atoms with E-state index in [4.69, 9.17) is 29.0 Å². The van der Waals surface area contributed by atoms with Gasteiger partial charge in [-0.3, -0.25) is 9.73 Å². The molecule has 0 aliphatic rings. The first-order valence-electron chi connectivity index (χ1n) is 7.10. The number of benzene rings is 2. The molecule has 1 amide bonds. The second-order valence-corrected chi connectivity index (χ2v) is 7.56. The van der Waals surface area contributed by atoms with Crippen molar-refractivity contribution in [1.82, 2.24) is 0 Å². The van der Waals surface area contributed by atoms with Gasteiger partial charge in [0.2, 0.25) is 0 Å². The summed E-state index contributed by atoms with van der Waals surface area (Å²) in [5, 5.41) is 6.31. The molecule has 2 rings (SSSR count). The van der Waals surface area contributed by atoms with Crippen molar-refractivity contribution < 1.29 is 18.2 Å². The second kappa shape index (κ2) is 8.93. The lowest BCUT2D eigenvalue weighted by Gasteiger charge is -2.19. The topological polar surface area (TPSA) is 140 Å². The SMILES string of the molecule is NON=NC(=O)/C=C/c1ccc(N(N)S(=O)(=O)c2ccc(Cl)c(Cl)c2)cc1. The van der Waals surface area contributed by atoms with Crippen LogP contribution in [0.1, 0.15) is 5.56 Å². The van der Waals surface area contributed by atoms with Gasteiger partial charge in [-0.05, 0) is 42.0 Å². The van der Waals surface area contributed by atoms with E-state index in [0.717, 1.165) is 6.08 Å². The molecular formula is C15H13Cl2N5O4S. The number of carbonyl (C=O) groups is 1. The Morgan fingerprint density at radius 1 is 1.11 bits per heavy atom. The van der Waals surface area contributed by atoms with Crippen LogP contribution in [0.3, 0.4) is 0 Å². The Morgan fingerprint density at radius 2 is 1.78 bits per heavy atom. The monoisotopic (exact) mass is 429 g/mol. The Morgan fingerprint density at radius 3 is 2.37 bits per heavy atom. The molecule has 0 saturated heterocycles. The average molecular weight is 430 g/mol. The molecule has 12 heteroatoms. The Hall–Kier alpha value is -2.50. The summed E-state index contributed by atoms with van der Waals surface area (Å²) < 4.78 is 25.8. The molecule has 9 nitrogen and oxygen atoms in total. The Balaban J connectivity index is 2.20. The fourth-order valence-corrected chi connectivity index (χ4v) is 3.38. The maximum absolute atomic E-state index is 12.6. The highest BCUT2D eigenvalue weighted by Crippen LogP contribution is 2.27. The molecule has 27 heavy (non-hydrogen) atoms. The molecule has 0 spiro atoms. The van der Waals surface area contributed by atoms with Crippen molar-refractivity contribution in [3.8, 4) is 0 Å². The minimum Gasteiger partial charge on any atom is -0.282 e. The van der Waals surface area contributed by atoms with Crippen molar-refractivity contribution >= 4 is 50.9 Å². The van der Waals surface area contributed by atoms with Gasteiger partial charge in [-0.25, -0.2) is 10.3 Å². The third kappa shape index (κ3) is 5.25. The van der Waals surface area contributed by atoms with E-state index in [0.29, 0.717) is 9.98 Å². The lowest BCUT2D eigenvalue weighted by atomic mass is 10.2. The lowest BCUT2D eigenvalue weighted by Crippen LogP contribution is -2.37. The molecule has 0 aliphatic carbocycles. The molecule has 4 N–H and O–H groups in total. The van der Waals surface area contributed by atoms with Gasteiger partial charge in [0, 0.05) is 6.08 Å². The molecule has 2 aromatic carbocycles. The Bertz CT molecular complexity index is 994. The van der Waals surface area contributed by atoms with Crippen LogP contribution in [-0.4, -0.2) is 14.3 Å². The number of nitrogens with two attached hydrogens (primary N) is 2. The molecule has 0 heterocycles. The van der Waals surface area contributed by atoms with Gasteiger partial charge >= 0.3 is 0 Å². The largest absolute Gasteiger partial charge is 0.291 e. The van der Waals surface area contributed by atoms with Crippen molar-refractivity contribution in [1.29, 1.82) is 0 Å². The van der Waals surface area contributed by atoms with Crippen LogP contribution in [0.15, 0.2) is 63.8 Å². The van der Waals surface area contributed by atoms with Gasteiger partial charge in [0.25, 0.3) is 15.9 Å². The summed E-state index contributed by atoms with van der Waals surface area (Å²) >= 11 is 11.7. The minimum absolute atomic E-state index is 0.0912. The Kier molecular flexibility index (Phi) is 6.88. The zero-order chi connectivity index (χ0) is 20.0. The summed E-state index contributed by atoms with van der Waals surface area (Å²) in [6, 6.07) is 9.91. The number of sulfonamides is 1. The Labute approximate surface area is 164 Å². The summed E-state index contributed by atoms with van der Waals surface area (Å²) in [5.74, 6) is 9.68. The van der Waals surface area contributed by atoms with Gasteiger partial charge in [-0.1, -0.05) is 40.4 Å². The zero-order valence-corrected chi connectivity index (χ0v) is 15.8. The quantitative estimate of drug-likeness (QED) is 0.313. The molecule has 0 radical (unpaired) electrons. The van der Waals surface area contributed by atoms with Crippen molar-refractivity contribution in [3.63, 3.8) is 0 Å². The minimum atomic E-state index is -4.04. The molecule has 0 aliphatic heterocycles. The maximum atomic E-state index is 12.6. The second-order valence-electron chi connectivity index (χ2n) is 4.93. The van der Waals surface area contributed by atoms with Crippen LogP contribution in [0, 0.1) is 0 Å². The van der Waals surface area contributed by atoms with E-state index in [1.54, 1.807) is 12.1 Å². The number of rotatable bonds is 6. The number of carbonyl (C=O) groups excluding carboxylic acids is 1. The smallest absolute Gasteiger partial charge is 0.282 e. The third-order valence-corrected chi connectivity index (χ3v) is 5.52. The van der Waals surface area contributed by atoms with Crippen molar-refractivity contribution in [2.75, 3.05) is 4.41 Å². The van der Waals surface area contributed by atoms with Crippen LogP contribution in [0.25, 0.3) is 6.08 Å². The van der Waals surface area contributed by atoms with Gasteiger partial charge in [0.05, 0.1) is 25.9 Å². The lowest BCUT2D eigenvalue weighted by molar-refractivity contribution is -0.114. The molecule has 0 saturated carbocycles. The molecule has 0 fully saturated rings. The highest BCUT2D eigenvalue weighted by molar-refractivity contribution is 7.92. The molecule has 0 unspecified atom stereocenters. The standard InChI is InChI=1S/C15H13Cl2N5O4S/c16-13-7-6-12(9-14(13)17)27(24,25)22(18)11-4-1-10(2-5-11)3-8-15(23)20-21-26-19/h1-9H,18-19H2/b8-3+,21-20?. The van der Waals surface area contributed by atoms with E-state index in [9.17, 15) is 13.2 Å². The van der Waals surface area contributed by atoms with E-state index in [1.165, 1.54) is 36.4 Å². The summed E-state index contributed by atoms with van der Waals surface area (Å²) in [6.45, 7) is 0. The molecule has 142 valence electrons. The van der Waals surface area contributed by atoms with Crippen molar-refractivity contribution in [2.24, 2.45) is 22.1 Å². The van der Waals surface area contributed by atoms with Gasteiger partial charge in [-0.2, -0.15) is 8.42 Å². The van der Waals surface area contributed by atoms with Gasteiger partial charge in [0.15, 0.2) is 0 Å². The van der Waals surface area contributed by atoms with Crippen LogP contribution in [0.5, 0.6) is 0 Å². The predicted octanol–water partition coefficient (Wildman–Crippen LogP) is 2.86. The first kappa shape index (κ1) is 20.8. The van der Waals surface area contributed by atoms with E-state index >= 15 is 0 Å². The van der Waals surface area contributed by atoms with E-state index < -0.39 is 15.9 Å². The first-order chi connectivity index (χ1) is 12.8. The van der Waals surface area contributed by atoms with Crippen LogP contribution in [0.4, 0.5) is 5.69 Å². The zero-order valence-electron chi connectivity index (χ0n) is 13.5. The van der Waals surface area contributed by atoms with Crippen LogP contribution in [-0.2, 0) is 19.8 Å². The number of hydrogen-bond donors (Lipinski definition) is 2. The fourth-order valence-electron chi connectivity index (χ4n) is 1.89. The van der Waals surface area contributed by atoms with Gasteiger partial charge in [0.1, 0.15) is 0 Å². The van der Waals surface area contributed by atoms with Gasteiger partial charge in [-0.15, -0.1) is 5.90 Å². The summed E-state index contributed by atoms with van der Waals surface area (Å²) in [7, 11) is -4.04. The summed E-state index contributed by atoms with van der Waals surface area (Å²) in [5.41, 5.74) is 0.789. The highest BCUT2D eigenvalue weighted by Gasteiger charge is 2.23. The van der Waals surface area contributed by atoms with Crippen LogP contribution < -0.4 is 16.2 Å². The van der Waals surface area contributed by atoms with Gasteiger partial charge < -0.3 is 0 Å². The predicted molar refractivity (Wildman–Crippen MR) is 101 cm³/mol. The van der Waals surface area contributed by atoms with Crippen molar-refractivity contribution in [2.45, 2.75) is 4.90 Å². The molecule has 2 aromatic rings. The summed E-state index contributed by atoms with van der Waals surface area (Å²) in [4.78, 5) is 15.0. The number of hydrazine groups is 1. The van der Waals surface area contributed by atoms with E-state index in [1.807, 2.05) is 0 Å². The highest BCUT2D eigenvalue weighted by atomic mass is 35.5. The van der Waals surface area contributed by atoms with Crippen LogP contribution in [0.2, 0.25) is 10.0 Å². The number of anilines is 1. The third-order valence-electron chi connectivity index (χ3n) is 3.20. The fraction of sp³-hybridized carbons (Fsp3) is 0. The normalized spacial score (nSPS) is 11.9. The molecular weight excluding hydrogens is 417 g/mol. The molecule has 0 atom stereocenters. The van der Waals surface area contributed by atoms with E-state index in [-0.39, 0.29) is 20.6 Å². The number of nitrogens with zero attached hydrogens (tertiary/aromatic N) is 3. The maximum Gasteiger partial charge on any atom is 0.291 e. The van der Waals surface area contributed by atoms with E-state index in [2.05, 4.69) is 21.2 Å². The number of halogens is 2. The number of hydrogen-bond acceptors (Lipinski definition) is 7. The van der Waals surface area contributed by atoms with Crippen LogP contribution >= 0.6 is 23.2 Å². The average Bonchev–Trinajstić information content (AvgIpc) is 2.66. The molecule has 0 bridgehead atoms. The number of amides is 1. The molecule has 0 aromatic heterocycles.